The first-order chi connectivity index (χ1) is 17.0. The summed E-state index contributed by atoms with van der Waals surface area (Å²) in [6.45, 7) is 8.11. The Bertz CT molecular complexity index is 1240. The van der Waals surface area contributed by atoms with E-state index in [4.69, 9.17) is 0 Å². The topological polar surface area (TPSA) is 142 Å². The van der Waals surface area contributed by atoms with Gasteiger partial charge in [-0.3, -0.25) is 9.59 Å². The average molecular weight is 520 g/mol. The molecule has 36 heavy (non-hydrogen) atoms. The van der Waals surface area contributed by atoms with Crippen LogP contribution in [0.4, 0.5) is 14.6 Å². The molecule has 1 aliphatic heterocycles. The summed E-state index contributed by atoms with van der Waals surface area (Å²) in [6.07, 6.45) is 0.130. The molecule has 192 valence electrons. The Balaban J connectivity index is 1.74. The van der Waals surface area contributed by atoms with Crippen molar-refractivity contribution in [3.05, 3.63) is 34.4 Å². The molecule has 3 aromatic rings. The lowest BCUT2D eigenvalue weighted by atomic mass is 10.1. The molecule has 1 saturated heterocycles. The third-order valence-corrected chi connectivity index (χ3v) is 6.64. The molecule has 0 spiro atoms. The van der Waals surface area contributed by atoms with Crippen LogP contribution < -0.4 is 10.6 Å². The van der Waals surface area contributed by atoms with Crippen molar-refractivity contribution in [1.82, 2.24) is 40.8 Å². The molecule has 4 heterocycles. The van der Waals surface area contributed by atoms with Gasteiger partial charge in [0.2, 0.25) is 0 Å². The van der Waals surface area contributed by atoms with Crippen molar-refractivity contribution in [2.24, 2.45) is 0 Å². The minimum atomic E-state index is -2.84. The summed E-state index contributed by atoms with van der Waals surface area (Å²) in [5, 5.41) is 18.9. The number of amides is 2. The van der Waals surface area contributed by atoms with Crippen molar-refractivity contribution in [2.75, 3.05) is 11.9 Å². The Kier molecular flexibility index (Phi) is 7.24. The number of tetrazole rings is 1. The molecule has 1 atom stereocenters. The maximum absolute atomic E-state index is 14.2. The molecule has 1 fully saturated rings. The minimum absolute atomic E-state index is 0.0198. The number of thiazole rings is 1. The van der Waals surface area contributed by atoms with Crippen LogP contribution in [0.25, 0.3) is 10.4 Å². The number of rotatable bonds is 7. The van der Waals surface area contributed by atoms with Crippen molar-refractivity contribution < 1.29 is 18.4 Å². The fraction of sp³-hybridized carbons (Fsp3) is 0.500. The molecule has 0 saturated carbocycles. The Hall–Kier alpha value is -3.55. The lowest BCUT2D eigenvalue weighted by Crippen LogP contribution is -2.34. The average Bonchev–Trinajstić information content (AvgIpc) is 3.57. The fourth-order valence-electron chi connectivity index (χ4n) is 3.90. The summed E-state index contributed by atoms with van der Waals surface area (Å²) < 4.78 is 28.4. The summed E-state index contributed by atoms with van der Waals surface area (Å²) in [6, 6.07) is 1.25. The summed E-state index contributed by atoms with van der Waals surface area (Å²) in [7, 11) is 0. The van der Waals surface area contributed by atoms with Crippen LogP contribution in [0, 0.1) is 0 Å². The van der Waals surface area contributed by atoms with Gasteiger partial charge in [0, 0.05) is 35.4 Å². The van der Waals surface area contributed by atoms with Gasteiger partial charge >= 0.3 is 0 Å². The first-order valence-electron chi connectivity index (χ1n) is 11.4. The maximum Gasteiger partial charge on any atom is 0.280 e. The van der Waals surface area contributed by atoms with Crippen LogP contribution in [-0.2, 0) is 6.54 Å². The number of likely N-dealkylation sites (tertiary alicyclic amines) is 1. The van der Waals surface area contributed by atoms with Crippen molar-refractivity contribution in [2.45, 2.75) is 65.1 Å². The molecule has 0 aromatic carbocycles. The number of hydrogen-bond donors (Lipinski definition) is 3. The second-order valence-electron chi connectivity index (χ2n) is 9.53. The highest BCUT2D eigenvalue weighted by Gasteiger charge is 2.33. The van der Waals surface area contributed by atoms with E-state index in [0.717, 1.165) is 24.2 Å². The van der Waals surface area contributed by atoms with Gasteiger partial charge in [-0.2, -0.15) is 5.21 Å². The fourth-order valence-corrected chi connectivity index (χ4v) is 4.91. The number of H-pyrrole nitrogens is 1. The predicted molar refractivity (Wildman–Crippen MR) is 129 cm³/mol. The van der Waals surface area contributed by atoms with Crippen LogP contribution in [0.15, 0.2) is 12.3 Å². The molecular formula is C22H27F2N9O2S. The van der Waals surface area contributed by atoms with E-state index in [1.165, 1.54) is 12.3 Å². The Morgan fingerprint density at radius 3 is 2.72 bits per heavy atom. The second-order valence-corrected chi connectivity index (χ2v) is 10.5. The summed E-state index contributed by atoms with van der Waals surface area (Å²) in [4.78, 5) is 36.7. The van der Waals surface area contributed by atoms with E-state index in [-0.39, 0.29) is 50.9 Å². The number of hydrogen-bond acceptors (Lipinski definition) is 9. The predicted octanol–water partition coefficient (Wildman–Crippen LogP) is 3.42. The lowest BCUT2D eigenvalue weighted by molar-refractivity contribution is 0.0743. The molecule has 3 aromatic heterocycles. The van der Waals surface area contributed by atoms with Gasteiger partial charge in [0.15, 0.2) is 10.8 Å². The van der Waals surface area contributed by atoms with Crippen LogP contribution in [0.3, 0.4) is 0 Å². The largest absolute Gasteiger partial charge is 0.365 e. The normalized spacial score (nSPS) is 16.0. The zero-order chi connectivity index (χ0) is 26.0. The van der Waals surface area contributed by atoms with E-state index in [9.17, 15) is 18.4 Å². The molecule has 0 bridgehead atoms. The van der Waals surface area contributed by atoms with Gasteiger partial charge in [-0.15, -0.1) is 21.5 Å². The van der Waals surface area contributed by atoms with Crippen molar-refractivity contribution in [1.29, 1.82) is 0 Å². The van der Waals surface area contributed by atoms with Gasteiger partial charge in [0.25, 0.3) is 18.2 Å². The third kappa shape index (κ3) is 5.64. The van der Waals surface area contributed by atoms with Gasteiger partial charge in [0.1, 0.15) is 11.5 Å². The molecule has 4 rings (SSSR count). The van der Waals surface area contributed by atoms with E-state index in [1.54, 1.807) is 4.90 Å². The van der Waals surface area contributed by atoms with Crippen molar-refractivity contribution in [3.63, 3.8) is 0 Å². The van der Waals surface area contributed by atoms with Crippen LogP contribution in [-0.4, -0.2) is 65.4 Å². The standard InChI is InChI=1S/C22H27F2N9O2S/c1-11-6-5-7-33(11)21(35)16-17(36-20(27-16)19(34)26-10-15-29-31-32-30-15)13-9-25-14(28-22(2,3)4)8-12(13)18(23)24/h8-9,11,18H,5-7,10H2,1-4H3,(H,25,28)(H,26,34)(H,29,30,31,32)/t11-/m0/s1. The van der Waals surface area contributed by atoms with E-state index in [0.29, 0.717) is 6.54 Å². The Labute approximate surface area is 210 Å². The van der Waals surface area contributed by atoms with Gasteiger partial charge in [-0.25, -0.2) is 18.7 Å². The zero-order valence-corrected chi connectivity index (χ0v) is 21.1. The van der Waals surface area contributed by atoms with E-state index in [2.05, 4.69) is 41.2 Å². The lowest BCUT2D eigenvalue weighted by Gasteiger charge is -2.23. The summed E-state index contributed by atoms with van der Waals surface area (Å²) in [5.74, 6) is -0.448. The van der Waals surface area contributed by atoms with Crippen LogP contribution in [0.1, 0.15) is 78.6 Å². The summed E-state index contributed by atoms with van der Waals surface area (Å²) in [5.41, 5.74) is -0.675. The smallest absolute Gasteiger partial charge is 0.280 e. The molecular weight excluding hydrogens is 492 g/mol. The second kappa shape index (κ2) is 10.2. The first-order valence-corrected chi connectivity index (χ1v) is 12.2. The molecule has 1 aliphatic rings. The monoisotopic (exact) mass is 519 g/mol. The number of anilines is 1. The number of halogens is 2. The van der Waals surface area contributed by atoms with Gasteiger partial charge in [0.05, 0.1) is 11.4 Å². The molecule has 0 aliphatic carbocycles. The number of pyridine rings is 1. The highest BCUT2D eigenvalue weighted by atomic mass is 32.1. The van der Waals surface area contributed by atoms with Crippen LogP contribution in [0.2, 0.25) is 0 Å². The number of alkyl halides is 2. The maximum atomic E-state index is 14.2. The van der Waals surface area contributed by atoms with E-state index < -0.39 is 23.8 Å². The number of carbonyl (C=O) groups excluding carboxylic acids is 2. The zero-order valence-electron chi connectivity index (χ0n) is 20.3. The number of aromatic nitrogens is 6. The summed E-state index contributed by atoms with van der Waals surface area (Å²) >= 11 is 0.868. The van der Waals surface area contributed by atoms with E-state index in [1.807, 2.05) is 27.7 Å². The highest BCUT2D eigenvalue weighted by Crippen LogP contribution is 2.39. The molecule has 2 amide bonds. The van der Waals surface area contributed by atoms with Gasteiger partial charge in [-0.1, -0.05) is 5.21 Å². The van der Waals surface area contributed by atoms with Crippen molar-refractivity contribution >= 4 is 29.0 Å². The molecule has 0 radical (unpaired) electrons. The van der Waals surface area contributed by atoms with Gasteiger partial charge < -0.3 is 15.5 Å². The SMILES string of the molecule is C[C@H]1CCCN1C(=O)c1nc(C(=O)NCc2nn[nH]n2)sc1-c1cnc(NC(C)(C)C)cc1C(F)F. The minimum Gasteiger partial charge on any atom is -0.365 e. The molecule has 11 nitrogen and oxygen atoms in total. The Morgan fingerprint density at radius 2 is 2.11 bits per heavy atom. The highest BCUT2D eigenvalue weighted by molar-refractivity contribution is 7.17. The van der Waals surface area contributed by atoms with Crippen molar-refractivity contribution in [3.8, 4) is 10.4 Å². The third-order valence-electron chi connectivity index (χ3n) is 5.55. The number of aromatic amines is 1. The number of carbonyl (C=O) groups is 2. The number of nitrogens with one attached hydrogen (secondary N) is 3. The molecule has 3 N–H and O–H groups in total. The quantitative estimate of drug-likeness (QED) is 0.431. The Morgan fingerprint density at radius 1 is 1.33 bits per heavy atom. The molecule has 0 unspecified atom stereocenters. The van der Waals surface area contributed by atoms with Crippen LogP contribution in [0.5, 0.6) is 0 Å². The van der Waals surface area contributed by atoms with E-state index >= 15 is 0 Å². The van der Waals surface area contributed by atoms with Gasteiger partial charge in [-0.05, 0) is 46.6 Å². The first kappa shape index (κ1) is 25.5. The molecule has 14 heteroatoms. The number of nitrogens with zero attached hydrogens (tertiary/aromatic N) is 6. The van der Waals surface area contributed by atoms with Crippen LogP contribution >= 0.6 is 11.3 Å².